The van der Waals surface area contributed by atoms with Crippen LogP contribution in [0.4, 0.5) is 8.78 Å². The molecular weight excluding hydrogens is 262 g/mol. The third-order valence-electron chi connectivity index (χ3n) is 1.94. The quantitative estimate of drug-likeness (QED) is 0.464. The highest BCUT2D eigenvalue weighted by molar-refractivity contribution is 6.68. The second-order valence-corrected chi connectivity index (χ2v) is 3.52. The molecule has 8 heteroatoms. The minimum Gasteiger partial charge on any atom is -0.336 e. The number of aliphatic hydroxyl groups is 4. The molecule has 0 saturated heterocycles. The third-order valence-corrected chi connectivity index (χ3v) is 2.14. The molecule has 0 saturated carbocycles. The van der Waals surface area contributed by atoms with E-state index in [9.17, 15) is 13.6 Å². The highest BCUT2D eigenvalue weighted by Gasteiger charge is 2.40. The van der Waals surface area contributed by atoms with Crippen molar-refractivity contribution in [2.45, 2.75) is 12.1 Å². The van der Waals surface area contributed by atoms with Gasteiger partial charge in [-0.15, -0.1) is 0 Å². The molecule has 0 aliphatic heterocycles. The second kappa shape index (κ2) is 4.28. The molecule has 0 fully saturated rings. The molecule has 0 amide bonds. The number of halogens is 3. The summed E-state index contributed by atoms with van der Waals surface area (Å²) < 4.78 is 26.0. The minimum absolute atomic E-state index is 0.652. The van der Waals surface area contributed by atoms with E-state index in [4.69, 9.17) is 32.0 Å². The summed E-state index contributed by atoms with van der Waals surface area (Å²) in [5.41, 5.74) is -3.41. The van der Waals surface area contributed by atoms with Crippen LogP contribution in [0.15, 0.2) is 18.2 Å². The Balaban J connectivity index is 3.64. The summed E-state index contributed by atoms with van der Waals surface area (Å²) in [7, 11) is 0. The van der Waals surface area contributed by atoms with Crippen molar-refractivity contribution in [2.75, 3.05) is 0 Å². The zero-order valence-electron chi connectivity index (χ0n) is 8.06. The molecule has 0 aliphatic carbocycles. The Kier molecular flexibility index (Phi) is 3.51. The van der Waals surface area contributed by atoms with Crippen molar-refractivity contribution in [3.63, 3.8) is 0 Å². The maximum atomic E-state index is 13.0. The molecule has 0 atom stereocenters. The number of benzene rings is 1. The van der Waals surface area contributed by atoms with Gasteiger partial charge in [0.1, 0.15) is 0 Å². The first-order valence-electron chi connectivity index (χ1n) is 4.16. The molecule has 17 heavy (non-hydrogen) atoms. The highest BCUT2D eigenvalue weighted by atomic mass is 35.5. The van der Waals surface area contributed by atoms with Crippen molar-refractivity contribution in [3.8, 4) is 0 Å². The number of hydrogen-bond acceptors (Lipinski definition) is 5. The molecule has 1 aromatic rings. The molecule has 0 heterocycles. The molecule has 4 N–H and O–H groups in total. The van der Waals surface area contributed by atoms with E-state index in [-0.39, 0.29) is 0 Å². The lowest BCUT2D eigenvalue weighted by molar-refractivity contribution is -0.290. The number of rotatable bonds is 3. The Bertz CT molecular complexity index is 450. The van der Waals surface area contributed by atoms with Gasteiger partial charge in [-0.25, -0.2) is 0 Å². The van der Waals surface area contributed by atoms with Crippen LogP contribution in [0.2, 0.25) is 0 Å². The van der Waals surface area contributed by atoms with Gasteiger partial charge in [0, 0.05) is 5.56 Å². The van der Waals surface area contributed by atoms with Crippen LogP contribution in [0, 0.1) is 0 Å². The monoisotopic (exact) mass is 268 g/mol. The van der Waals surface area contributed by atoms with Gasteiger partial charge >= 0.3 is 12.1 Å². The number of alkyl halides is 2. The van der Waals surface area contributed by atoms with E-state index in [2.05, 4.69) is 0 Å². The van der Waals surface area contributed by atoms with Crippen LogP contribution in [0.5, 0.6) is 0 Å². The Hall–Kier alpha value is -1.12. The lowest BCUT2D eigenvalue weighted by Gasteiger charge is -2.22. The lowest BCUT2D eigenvalue weighted by Crippen LogP contribution is -2.29. The van der Waals surface area contributed by atoms with Crippen molar-refractivity contribution < 1.29 is 34.0 Å². The summed E-state index contributed by atoms with van der Waals surface area (Å²) in [4.78, 5) is 10.9. The number of carbonyl (C=O) groups is 1. The average Bonchev–Trinajstić information content (AvgIpc) is 2.13. The molecule has 0 unspecified atom stereocenters. The van der Waals surface area contributed by atoms with Gasteiger partial charge in [-0.1, -0.05) is 12.1 Å². The zero-order valence-corrected chi connectivity index (χ0v) is 8.82. The molecule has 1 rings (SSSR count). The van der Waals surface area contributed by atoms with Gasteiger partial charge in [0.25, 0.3) is 5.24 Å². The van der Waals surface area contributed by atoms with Crippen LogP contribution in [0.3, 0.4) is 0 Å². The highest BCUT2D eigenvalue weighted by Crippen LogP contribution is 2.34. The van der Waals surface area contributed by atoms with Crippen LogP contribution in [0.25, 0.3) is 0 Å². The van der Waals surface area contributed by atoms with Crippen LogP contribution >= 0.6 is 11.6 Å². The van der Waals surface area contributed by atoms with Gasteiger partial charge in [0.15, 0.2) is 0 Å². The average molecular weight is 269 g/mol. The molecule has 0 radical (unpaired) electrons. The van der Waals surface area contributed by atoms with Crippen molar-refractivity contribution in [1.29, 1.82) is 0 Å². The number of carbonyl (C=O) groups excluding carboxylic acids is 1. The van der Waals surface area contributed by atoms with Gasteiger partial charge in [0.2, 0.25) is 0 Å². The molecule has 0 aromatic heterocycles. The SMILES string of the molecule is O=C(Cl)c1cccc(C(O)(O)F)c1C(O)(O)F. The van der Waals surface area contributed by atoms with Crippen molar-refractivity contribution in [2.24, 2.45) is 0 Å². The van der Waals surface area contributed by atoms with Gasteiger partial charge in [-0.05, 0) is 17.7 Å². The van der Waals surface area contributed by atoms with Crippen LogP contribution in [0.1, 0.15) is 21.5 Å². The first-order chi connectivity index (χ1) is 7.55. The molecule has 0 aliphatic rings. The summed E-state index contributed by atoms with van der Waals surface area (Å²) in [6.07, 6.45) is 0. The first kappa shape index (κ1) is 13.9. The smallest absolute Gasteiger partial charge is 0.336 e. The summed E-state index contributed by atoms with van der Waals surface area (Å²) in [6, 6.07) is -5.74. The zero-order chi connectivity index (χ0) is 13.4. The predicted molar refractivity (Wildman–Crippen MR) is 51.1 cm³/mol. The standard InChI is InChI=1S/C9H7ClF2O5/c10-7(13)4-2-1-3-5(8(11,14)15)6(4)9(12,16)17/h1-3,14-17H. The van der Waals surface area contributed by atoms with E-state index < -0.39 is 34.0 Å². The lowest BCUT2D eigenvalue weighted by atomic mass is 9.99. The Labute approximate surface area is 98.5 Å². The predicted octanol–water partition coefficient (Wildman–Crippen LogP) is 0.194. The van der Waals surface area contributed by atoms with E-state index in [0.29, 0.717) is 6.07 Å². The Morgan fingerprint density at radius 3 is 2.00 bits per heavy atom. The van der Waals surface area contributed by atoms with Gasteiger partial charge < -0.3 is 20.4 Å². The topological polar surface area (TPSA) is 98.0 Å². The Morgan fingerprint density at radius 1 is 1.12 bits per heavy atom. The summed E-state index contributed by atoms with van der Waals surface area (Å²) >= 11 is 5.02. The normalized spacial score (nSPS) is 12.6. The van der Waals surface area contributed by atoms with E-state index in [1.54, 1.807) is 0 Å². The maximum Gasteiger partial charge on any atom is 0.345 e. The van der Waals surface area contributed by atoms with Crippen LogP contribution < -0.4 is 0 Å². The maximum absolute atomic E-state index is 13.0. The molecule has 1 aromatic carbocycles. The fourth-order valence-electron chi connectivity index (χ4n) is 1.32. The van der Waals surface area contributed by atoms with E-state index >= 15 is 0 Å². The van der Waals surface area contributed by atoms with Crippen LogP contribution in [-0.2, 0) is 12.1 Å². The first-order valence-corrected chi connectivity index (χ1v) is 4.54. The summed E-state index contributed by atoms with van der Waals surface area (Å²) in [5, 5.41) is 33.6. The molecule has 0 spiro atoms. The minimum atomic E-state index is -4.15. The molecule has 94 valence electrons. The fraction of sp³-hybridized carbons (Fsp3) is 0.222. The molecule has 0 bridgehead atoms. The van der Waals surface area contributed by atoms with Crippen LogP contribution in [-0.4, -0.2) is 25.7 Å². The molecule has 5 nitrogen and oxygen atoms in total. The van der Waals surface area contributed by atoms with E-state index in [1.807, 2.05) is 0 Å². The van der Waals surface area contributed by atoms with Gasteiger partial charge in [-0.3, -0.25) is 4.79 Å². The Morgan fingerprint density at radius 2 is 1.65 bits per heavy atom. The van der Waals surface area contributed by atoms with Crippen molar-refractivity contribution in [1.82, 2.24) is 0 Å². The van der Waals surface area contributed by atoms with Gasteiger partial charge in [0.05, 0.1) is 11.1 Å². The van der Waals surface area contributed by atoms with E-state index in [0.717, 1.165) is 12.1 Å². The van der Waals surface area contributed by atoms with Gasteiger partial charge in [-0.2, -0.15) is 8.78 Å². The van der Waals surface area contributed by atoms with E-state index in [1.165, 1.54) is 0 Å². The fourth-order valence-corrected chi connectivity index (χ4v) is 1.48. The van der Waals surface area contributed by atoms with Crippen molar-refractivity contribution >= 4 is 16.8 Å². The third kappa shape index (κ3) is 2.96. The second-order valence-electron chi connectivity index (χ2n) is 3.18. The number of hydrogen-bond donors (Lipinski definition) is 4. The van der Waals surface area contributed by atoms with Crippen molar-refractivity contribution in [3.05, 3.63) is 34.9 Å². The molecular formula is C9H7ClF2O5. The summed E-state index contributed by atoms with van der Waals surface area (Å²) in [5.74, 6) is 0. The summed E-state index contributed by atoms with van der Waals surface area (Å²) in [6.45, 7) is 0. The largest absolute Gasteiger partial charge is 0.345 e.